The van der Waals surface area contributed by atoms with E-state index >= 15 is 0 Å². The number of nitrogens with two attached hydrogens (primary N) is 1. The SMILES string of the molecule is CC1Cc2c(sc(Cl)c2N)C(C)O1. The van der Waals surface area contributed by atoms with Crippen LogP contribution in [0.3, 0.4) is 0 Å². The van der Waals surface area contributed by atoms with E-state index < -0.39 is 0 Å². The summed E-state index contributed by atoms with van der Waals surface area (Å²) in [5.74, 6) is 0. The normalized spacial score (nSPS) is 27.3. The van der Waals surface area contributed by atoms with E-state index in [9.17, 15) is 0 Å². The van der Waals surface area contributed by atoms with E-state index in [1.54, 1.807) is 11.3 Å². The number of anilines is 1. The zero-order valence-electron chi connectivity index (χ0n) is 7.63. The molecule has 2 N–H and O–H groups in total. The number of ether oxygens (including phenoxy) is 1. The summed E-state index contributed by atoms with van der Waals surface area (Å²) in [4.78, 5) is 1.20. The Morgan fingerprint density at radius 1 is 1.54 bits per heavy atom. The Hall–Kier alpha value is -0.250. The Bertz CT molecular complexity index is 337. The van der Waals surface area contributed by atoms with Crippen LogP contribution in [-0.4, -0.2) is 6.10 Å². The van der Waals surface area contributed by atoms with Gasteiger partial charge in [0.1, 0.15) is 4.34 Å². The minimum absolute atomic E-state index is 0.138. The van der Waals surface area contributed by atoms with Crippen LogP contribution in [0.5, 0.6) is 0 Å². The highest BCUT2D eigenvalue weighted by atomic mass is 35.5. The van der Waals surface area contributed by atoms with E-state index in [-0.39, 0.29) is 12.2 Å². The summed E-state index contributed by atoms with van der Waals surface area (Å²) >= 11 is 7.51. The van der Waals surface area contributed by atoms with Crippen LogP contribution in [-0.2, 0) is 11.2 Å². The summed E-state index contributed by atoms with van der Waals surface area (Å²) in [5.41, 5.74) is 7.82. The molecule has 0 aromatic carbocycles. The van der Waals surface area contributed by atoms with Gasteiger partial charge in [0, 0.05) is 11.3 Å². The van der Waals surface area contributed by atoms with E-state index in [1.807, 2.05) is 6.92 Å². The molecular weight excluding hydrogens is 206 g/mol. The molecule has 13 heavy (non-hydrogen) atoms. The Balaban J connectivity index is 2.49. The van der Waals surface area contributed by atoms with Crippen LogP contribution in [0.4, 0.5) is 5.69 Å². The van der Waals surface area contributed by atoms with Gasteiger partial charge in [0.15, 0.2) is 0 Å². The Morgan fingerprint density at radius 2 is 2.23 bits per heavy atom. The van der Waals surface area contributed by atoms with Crippen molar-refractivity contribution in [3.63, 3.8) is 0 Å². The smallest absolute Gasteiger partial charge is 0.116 e. The second-order valence-electron chi connectivity index (χ2n) is 3.43. The number of hydrogen-bond acceptors (Lipinski definition) is 3. The van der Waals surface area contributed by atoms with Gasteiger partial charge in [-0.3, -0.25) is 0 Å². The average Bonchev–Trinajstić information content (AvgIpc) is 2.32. The van der Waals surface area contributed by atoms with Crippen molar-refractivity contribution in [3.05, 3.63) is 14.8 Å². The van der Waals surface area contributed by atoms with Gasteiger partial charge in [0.25, 0.3) is 0 Å². The highest BCUT2D eigenvalue weighted by molar-refractivity contribution is 7.17. The standard InChI is InChI=1S/C9H12ClNOS/c1-4-3-6-7(11)9(10)13-8(6)5(2)12-4/h4-5H,3,11H2,1-2H3. The van der Waals surface area contributed by atoms with E-state index in [2.05, 4.69) is 6.92 Å². The van der Waals surface area contributed by atoms with Crippen LogP contribution in [0.2, 0.25) is 4.34 Å². The molecule has 2 atom stereocenters. The molecule has 2 nitrogen and oxygen atoms in total. The third kappa shape index (κ3) is 1.45. The number of nitrogen functional groups attached to an aromatic ring is 1. The lowest BCUT2D eigenvalue weighted by Crippen LogP contribution is -2.21. The first-order chi connectivity index (χ1) is 6.09. The van der Waals surface area contributed by atoms with Gasteiger partial charge in [-0.05, 0) is 19.4 Å². The van der Waals surface area contributed by atoms with Crippen LogP contribution in [0, 0.1) is 0 Å². The molecular formula is C9H12ClNOS. The lowest BCUT2D eigenvalue weighted by molar-refractivity contribution is -0.00196. The Morgan fingerprint density at radius 3 is 2.92 bits per heavy atom. The van der Waals surface area contributed by atoms with E-state index in [0.717, 1.165) is 12.1 Å². The van der Waals surface area contributed by atoms with Crippen LogP contribution < -0.4 is 5.73 Å². The number of hydrogen-bond donors (Lipinski definition) is 1. The summed E-state index contributed by atoms with van der Waals surface area (Å²) < 4.78 is 6.38. The lowest BCUT2D eigenvalue weighted by Gasteiger charge is -2.25. The molecule has 1 aliphatic rings. The predicted octanol–water partition coefficient (Wildman–Crippen LogP) is 3.01. The van der Waals surface area contributed by atoms with Gasteiger partial charge in [-0.25, -0.2) is 0 Å². The predicted molar refractivity (Wildman–Crippen MR) is 56.4 cm³/mol. The molecule has 72 valence electrons. The van der Waals surface area contributed by atoms with Crippen molar-refractivity contribution in [2.24, 2.45) is 0 Å². The lowest BCUT2D eigenvalue weighted by atomic mass is 10.0. The van der Waals surface area contributed by atoms with Crippen molar-refractivity contribution in [1.29, 1.82) is 0 Å². The monoisotopic (exact) mass is 217 g/mol. The average molecular weight is 218 g/mol. The van der Waals surface area contributed by atoms with Crippen molar-refractivity contribution in [2.75, 3.05) is 5.73 Å². The molecule has 0 saturated heterocycles. The summed E-state index contributed by atoms with van der Waals surface area (Å²) in [6.45, 7) is 4.10. The first kappa shape index (κ1) is 9.31. The van der Waals surface area contributed by atoms with E-state index in [0.29, 0.717) is 4.34 Å². The molecule has 0 radical (unpaired) electrons. The fraction of sp³-hybridized carbons (Fsp3) is 0.556. The number of thiophene rings is 1. The number of rotatable bonds is 0. The van der Waals surface area contributed by atoms with Gasteiger partial charge in [0.05, 0.1) is 17.9 Å². The maximum Gasteiger partial charge on any atom is 0.116 e. The van der Waals surface area contributed by atoms with Gasteiger partial charge < -0.3 is 10.5 Å². The molecule has 2 rings (SSSR count). The fourth-order valence-corrected chi connectivity index (χ4v) is 3.08. The first-order valence-corrected chi connectivity index (χ1v) is 5.51. The summed E-state index contributed by atoms with van der Waals surface area (Å²) in [6, 6.07) is 0. The van der Waals surface area contributed by atoms with Crippen molar-refractivity contribution < 1.29 is 4.74 Å². The van der Waals surface area contributed by atoms with Crippen LogP contribution >= 0.6 is 22.9 Å². The maximum atomic E-state index is 5.97. The second kappa shape index (κ2) is 3.15. The second-order valence-corrected chi connectivity index (χ2v) is 5.08. The third-order valence-electron chi connectivity index (χ3n) is 2.33. The Labute approximate surface area is 86.6 Å². The number of fused-ring (bicyclic) bond motifs is 1. The molecule has 2 unspecified atom stereocenters. The highest BCUT2D eigenvalue weighted by Crippen LogP contribution is 2.43. The molecule has 0 fully saturated rings. The van der Waals surface area contributed by atoms with Crippen LogP contribution in [0.25, 0.3) is 0 Å². The van der Waals surface area contributed by atoms with Crippen molar-refractivity contribution >= 4 is 28.6 Å². The zero-order valence-corrected chi connectivity index (χ0v) is 9.21. The molecule has 0 bridgehead atoms. The van der Waals surface area contributed by atoms with E-state index in [4.69, 9.17) is 22.1 Å². The molecule has 0 spiro atoms. The van der Waals surface area contributed by atoms with Crippen molar-refractivity contribution in [3.8, 4) is 0 Å². The summed E-state index contributed by atoms with van der Waals surface area (Å²) in [5, 5.41) is 0. The van der Waals surface area contributed by atoms with Gasteiger partial charge in [0.2, 0.25) is 0 Å². The fourth-order valence-electron chi connectivity index (χ4n) is 1.75. The van der Waals surface area contributed by atoms with Crippen molar-refractivity contribution in [1.82, 2.24) is 0 Å². The molecule has 1 aromatic rings. The largest absolute Gasteiger partial charge is 0.397 e. The topological polar surface area (TPSA) is 35.2 Å². The third-order valence-corrected chi connectivity index (χ3v) is 3.96. The minimum atomic E-state index is 0.138. The van der Waals surface area contributed by atoms with Crippen molar-refractivity contribution in [2.45, 2.75) is 32.5 Å². The molecule has 0 saturated carbocycles. The first-order valence-electron chi connectivity index (χ1n) is 4.31. The van der Waals surface area contributed by atoms with Crippen LogP contribution in [0.1, 0.15) is 30.4 Å². The Kier molecular flexibility index (Phi) is 2.26. The molecule has 4 heteroatoms. The van der Waals surface area contributed by atoms with Gasteiger partial charge in [-0.2, -0.15) is 0 Å². The highest BCUT2D eigenvalue weighted by Gasteiger charge is 2.27. The van der Waals surface area contributed by atoms with Crippen LogP contribution in [0.15, 0.2) is 0 Å². The molecule has 2 heterocycles. The molecule has 1 aliphatic heterocycles. The summed E-state index contributed by atoms with van der Waals surface area (Å²) in [6.07, 6.45) is 1.27. The summed E-state index contributed by atoms with van der Waals surface area (Å²) in [7, 11) is 0. The van der Waals surface area contributed by atoms with E-state index in [1.165, 1.54) is 10.4 Å². The maximum absolute atomic E-state index is 5.97. The quantitative estimate of drug-likeness (QED) is 0.725. The molecule has 0 aliphatic carbocycles. The zero-order chi connectivity index (χ0) is 9.59. The van der Waals surface area contributed by atoms with Gasteiger partial charge >= 0.3 is 0 Å². The minimum Gasteiger partial charge on any atom is -0.397 e. The molecule has 0 amide bonds. The van der Waals surface area contributed by atoms with Gasteiger partial charge in [-0.15, -0.1) is 11.3 Å². The van der Waals surface area contributed by atoms with Gasteiger partial charge in [-0.1, -0.05) is 11.6 Å². The molecule has 1 aromatic heterocycles. The number of halogens is 1.